The molecule has 4 rings (SSSR count). The molecule has 1 aliphatic rings. The topological polar surface area (TPSA) is 92.9 Å². The Morgan fingerprint density at radius 3 is 2.97 bits per heavy atom. The minimum absolute atomic E-state index is 0.0879. The maximum atomic E-state index is 14.1. The fourth-order valence-corrected chi connectivity index (χ4v) is 4.43. The van der Waals surface area contributed by atoms with Gasteiger partial charge in [-0.05, 0) is 47.7 Å². The number of nitrogens with two attached hydrogens (primary N) is 1. The van der Waals surface area contributed by atoms with Crippen LogP contribution in [0.5, 0.6) is 0 Å². The van der Waals surface area contributed by atoms with Crippen LogP contribution in [0.25, 0.3) is 11.3 Å². The number of carbonyl (C=O) groups is 1. The Bertz CT molecular complexity index is 1120. The van der Waals surface area contributed by atoms with Crippen LogP contribution in [-0.2, 0) is 13.0 Å². The standard InChI is InChI=1S/C22H21BrFN5O/c1-26-22(30)20-21(25)28-11-18(29-20)13-4-2-3-12(9-13)10-27-17-8-5-14-16(24)7-6-15(23)19(14)17/h2-4,6-7,9,11,17,27H,5,8,10H2,1H3,(H2,25,28)(H,26,30). The van der Waals surface area contributed by atoms with E-state index in [9.17, 15) is 9.18 Å². The molecule has 30 heavy (non-hydrogen) atoms. The van der Waals surface area contributed by atoms with Gasteiger partial charge < -0.3 is 16.4 Å². The molecule has 3 aromatic rings. The molecule has 0 fully saturated rings. The summed E-state index contributed by atoms with van der Waals surface area (Å²) in [6, 6.07) is 11.2. The number of fused-ring (bicyclic) bond motifs is 1. The number of hydrogen-bond donors (Lipinski definition) is 3. The van der Waals surface area contributed by atoms with Crippen LogP contribution < -0.4 is 16.4 Å². The third-order valence-electron chi connectivity index (χ3n) is 5.30. The van der Waals surface area contributed by atoms with Crippen molar-refractivity contribution in [2.24, 2.45) is 0 Å². The third-order valence-corrected chi connectivity index (χ3v) is 5.99. The van der Waals surface area contributed by atoms with Crippen LogP contribution in [0.1, 0.15) is 39.6 Å². The first-order valence-electron chi connectivity index (χ1n) is 9.62. The quantitative estimate of drug-likeness (QED) is 0.528. The number of nitrogens with zero attached hydrogens (tertiary/aromatic N) is 2. The Kier molecular flexibility index (Phi) is 5.78. The molecule has 154 valence electrons. The minimum atomic E-state index is -0.377. The number of amides is 1. The van der Waals surface area contributed by atoms with Gasteiger partial charge in [0.2, 0.25) is 0 Å². The largest absolute Gasteiger partial charge is 0.382 e. The van der Waals surface area contributed by atoms with Crippen molar-refractivity contribution in [1.29, 1.82) is 0 Å². The van der Waals surface area contributed by atoms with E-state index < -0.39 is 0 Å². The summed E-state index contributed by atoms with van der Waals surface area (Å²) in [5, 5.41) is 6.05. The van der Waals surface area contributed by atoms with Crippen molar-refractivity contribution in [2.75, 3.05) is 12.8 Å². The molecule has 6 nitrogen and oxygen atoms in total. The van der Waals surface area contributed by atoms with E-state index >= 15 is 0 Å². The zero-order valence-corrected chi connectivity index (χ0v) is 18.0. The second kappa shape index (κ2) is 8.49. The average molecular weight is 470 g/mol. The van der Waals surface area contributed by atoms with Gasteiger partial charge in [0.1, 0.15) is 5.82 Å². The Balaban J connectivity index is 1.54. The number of benzene rings is 2. The Hall–Kier alpha value is -2.84. The van der Waals surface area contributed by atoms with Gasteiger partial charge in [-0.2, -0.15) is 0 Å². The van der Waals surface area contributed by atoms with E-state index in [1.165, 1.54) is 13.1 Å². The molecule has 0 saturated carbocycles. The molecule has 0 saturated heterocycles. The van der Waals surface area contributed by atoms with Crippen LogP contribution >= 0.6 is 15.9 Å². The smallest absolute Gasteiger partial charge is 0.273 e. The summed E-state index contributed by atoms with van der Waals surface area (Å²) in [5.41, 5.74) is 10.1. The molecule has 1 atom stereocenters. The maximum Gasteiger partial charge on any atom is 0.273 e. The first-order valence-corrected chi connectivity index (χ1v) is 10.4. The van der Waals surface area contributed by atoms with Crippen LogP contribution in [0.4, 0.5) is 10.2 Å². The first-order chi connectivity index (χ1) is 14.5. The molecule has 0 spiro atoms. The van der Waals surface area contributed by atoms with E-state index in [-0.39, 0.29) is 29.3 Å². The summed E-state index contributed by atoms with van der Waals surface area (Å²) in [7, 11) is 1.52. The van der Waals surface area contributed by atoms with Crippen molar-refractivity contribution >= 4 is 27.7 Å². The van der Waals surface area contributed by atoms with Crippen LogP contribution in [0.2, 0.25) is 0 Å². The van der Waals surface area contributed by atoms with Crippen LogP contribution in [0.15, 0.2) is 47.1 Å². The number of rotatable bonds is 5. The van der Waals surface area contributed by atoms with Crippen LogP contribution in [0.3, 0.4) is 0 Å². The van der Waals surface area contributed by atoms with E-state index in [1.54, 1.807) is 12.3 Å². The molecular formula is C22H21BrFN5O. The minimum Gasteiger partial charge on any atom is -0.382 e. The third kappa shape index (κ3) is 3.93. The zero-order valence-electron chi connectivity index (χ0n) is 16.4. The number of nitrogen functional groups attached to an aromatic ring is 1. The lowest BCUT2D eigenvalue weighted by Gasteiger charge is -2.16. The molecule has 0 aliphatic heterocycles. The van der Waals surface area contributed by atoms with Gasteiger partial charge in [0.25, 0.3) is 5.91 Å². The molecule has 1 unspecified atom stereocenters. The van der Waals surface area contributed by atoms with Gasteiger partial charge in [-0.25, -0.2) is 14.4 Å². The summed E-state index contributed by atoms with van der Waals surface area (Å²) in [6.45, 7) is 0.617. The monoisotopic (exact) mass is 469 g/mol. The Labute approximate surface area is 182 Å². The molecule has 1 amide bonds. The summed E-state index contributed by atoms with van der Waals surface area (Å²) in [5.74, 6) is -0.431. The van der Waals surface area contributed by atoms with Crippen molar-refractivity contribution in [1.82, 2.24) is 20.6 Å². The van der Waals surface area contributed by atoms with Gasteiger partial charge in [0.15, 0.2) is 11.5 Å². The highest BCUT2D eigenvalue weighted by Gasteiger charge is 2.27. The van der Waals surface area contributed by atoms with Gasteiger partial charge >= 0.3 is 0 Å². The lowest BCUT2D eigenvalue weighted by Crippen LogP contribution is -2.21. The predicted octanol–water partition coefficient (Wildman–Crippen LogP) is 3.76. The molecule has 1 aromatic heterocycles. The first kappa shape index (κ1) is 20.4. The van der Waals surface area contributed by atoms with Crippen molar-refractivity contribution in [2.45, 2.75) is 25.4 Å². The molecular weight excluding hydrogens is 449 g/mol. The van der Waals surface area contributed by atoms with E-state index in [0.717, 1.165) is 39.6 Å². The molecule has 2 aromatic carbocycles. The second-order valence-electron chi connectivity index (χ2n) is 7.16. The van der Waals surface area contributed by atoms with Crippen LogP contribution in [0, 0.1) is 5.82 Å². The Morgan fingerprint density at radius 2 is 2.17 bits per heavy atom. The fraction of sp³-hybridized carbons (Fsp3) is 0.227. The lowest BCUT2D eigenvalue weighted by atomic mass is 10.1. The molecule has 0 radical (unpaired) electrons. The number of carbonyl (C=O) groups excluding carboxylic acids is 1. The molecule has 1 aliphatic carbocycles. The normalized spacial score (nSPS) is 15.1. The second-order valence-corrected chi connectivity index (χ2v) is 8.02. The molecule has 1 heterocycles. The van der Waals surface area contributed by atoms with Crippen molar-refractivity contribution in [3.63, 3.8) is 0 Å². The van der Waals surface area contributed by atoms with Gasteiger partial charge in [-0.15, -0.1) is 0 Å². The van der Waals surface area contributed by atoms with E-state index in [0.29, 0.717) is 12.2 Å². The highest BCUT2D eigenvalue weighted by Crippen LogP contribution is 2.38. The number of anilines is 1. The summed E-state index contributed by atoms with van der Waals surface area (Å²) in [4.78, 5) is 20.4. The van der Waals surface area contributed by atoms with Gasteiger partial charge in [0.05, 0.1) is 11.9 Å². The molecule has 4 N–H and O–H groups in total. The van der Waals surface area contributed by atoms with E-state index in [1.807, 2.05) is 24.3 Å². The molecule has 0 bridgehead atoms. The lowest BCUT2D eigenvalue weighted by molar-refractivity contribution is 0.0959. The van der Waals surface area contributed by atoms with Gasteiger partial charge in [-0.1, -0.05) is 34.1 Å². The van der Waals surface area contributed by atoms with Gasteiger partial charge in [0, 0.05) is 29.7 Å². The highest BCUT2D eigenvalue weighted by atomic mass is 79.9. The molecule has 8 heteroatoms. The zero-order chi connectivity index (χ0) is 21.3. The van der Waals surface area contributed by atoms with Crippen LogP contribution in [-0.4, -0.2) is 22.9 Å². The van der Waals surface area contributed by atoms with Gasteiger partial charge in [-0.3, -0.25) is 4.79 Å². The number of halogens is 2. The van der Waals surface area contributed by atoms with Crippen molar-refractivity contribution < 1.29 is 9.18 Å². The number of aromatic nitrogens is 2. The van der Waals surface area contributed by atoms with E-state index in [4.69, 9.17) is 5.73 Å². The van der Waals surface area contributed by atoms with Crippen molar-refractivity contribution in [3.8, 4) is 11.3 Å². The average Bonchev–Trinajstić information content (AvgIpc) is 3.20. The SMILES string of the molecule is CNC(=O)c1nc(-c2cccc(CNC3CCc4c(F)ccc(Br)c43)c2)cnc1N. The summed E-state index contributed by atoms with van der Waals surface area (Å²) in [6.07, 6.45) is 3.14. The number of nitrogens with one attached hydrogen (secondary N) is 2. The summed E-state index contributed by atoms with van der Waals surface area (Å²) >= 11 is 3.56. The maximum absolute atomic E-state index is 14.1. The highest BCUT2D eigenvalue weighted by molar-refractivity contribution is 9.10. The van der Waals surface area contributed by atoms with Crippen molar-refractivity contribution in [3.05, 3.63) is 75.3 Å². The Morgan fingerprint density at radius 1 is 1.33 bits per heavy atom. The fourth-order valence-electron chi connectivity index (χ4n) is 3.78. The number of hydrogen-bond acceptors (Lipinski definition) is 5. The summed E-state index contributed by atoms with van der Waals surface area (Å²) < 4.78 is 15.0. The van der Waals surface area contributed by atoms with E-state index in [2.05, 4.69) is 36.5 Å². The predicted molar refractivity (Wildman–Crippen MR) is 117 cm³/mol.